The van der Waals surface area contributed by atoms with E-state index in [1.165, 1.54) is 23.9 Å². The van der Waals surface area contributed by atoms with Crippen LogP contribution in [0, 0.1) is 0 Å². The number of nitrogens with zero attached hydrogens (tertiary/aromatic N) is 3. The summed E-state index contributed by atoms with van der Waals surface area (Å²) >= 11 is 1.62. The van der Waals surface area contributed by atoms with Gasteiger partial charge < -0.3 is 0 Å². The zero-order chi connectivity index (χ0) is 14.9. The summed E-state index contributed by atoms with van der Waals surface area (Å²) in [4.78, 5) is 0. The molecule has 1 aliphatic rings. The molecule has 0 aromatic carbocycles. The fraction of sp³-hybridized carbons (Fsp3) is 0.538. The van der Waals surface area contributed by atoms with E-state index in [4.69, 9.17) is 0 Å². The lowest BCUT2D eigenvalue weighted by molar-refractivity contribution is -0.142. The number of fused-ring (bicyclic) bond motifs is 1. The van der Waals surface area contributed by atoms with Gasteiger partial charge in [-0.1, -0.05) is 0 Å². The molecule has 0 fully saturated rings. The number of aryl methyl sites for hydroxylation is 1. The Balaban J connectivity index is 1.51. The number of rotatable bonds is 5. The normalized spacial score (nSPS) is 14.6. The number of aromatic nitrogens is 4. The Morgan fingerprint density at radius 1 is 1.29 bits per heavy atom. The zero-order valence-electron chi connectivity index (χ0n) is 11.3. The van der Waals surface area contributed by atoms with Crippen LogP contribution < -0.4 is 0 Å². The van der Waals surface area contributed by atoms with Gasteiger partial charge in [-0.3, -0.25) is 9.78 Å². The standard InChI is InChI=1S/C13H15F3N4S/c14-13(15,16)8-20-5-4-9(19-20)6-21-7-12-10-2-1-3-11(10)17-18-12/h4-5H,1-3,6-8H2,(H,17,18). The number of thioether (sulfide) groups is 1. The first kappa shape index (κ1) is 14.5. The Bertz CT molecular complexity index is 617. The molecule has 0 radical (unpaired) electrons. The first-order valence-electron chi connectivity index (χ1n) is 6.73. The molecule has 3 rings (SSSR count). The van der Waals surface area contributed by atoms with Crippen molar-refractivity contribution >= 4 is 11.8 Å². The Morgan fingerprint density at radius 3 is 2.95 bits per heavy atom. The van der Waals surface area contributed by atoms with Gasteiger partial charge >= 0.3 is 6.18 Å². The molecule has 21 heavy (non-hydrogen) atoms. The molecular weight excluding hydrogens is 301 g/mol. The van der Waals surface area contributed by atoms with Crippen LogP contribution in [-0.2, 0) is 30.9 Å². The van der Waals surface area contributed by atoms with Crippen LogP contribution in [0.25, 0.3) is 0 Å². The fourth-order valence-electron chi connectivity index (χ4n) is 2.51. The van der Waals surface area contributed by atoms with E-state index in [9.17, 15) is 13.2 Å². The van der Waals surface area contributed by atoms with Crippen LogP contribution in [-0.4, -0.2) is 26.2 Å². The van der Waals surface area contributed by atoms with E-state index in [1.54, 1.807) is 17.8 Å². The van der Waals surface area contributed by atoms with E-state index in [0.717, 1.165) is 29.0 Å². The van der Waals surface area contributed by atoms with Gasteiger partial charge in [-0.25, -0.2) is 0 Å². The van der Waals surface area contributed by atoms with Crippen molar-refractivity contribution in [2.45, 2.75) is 43.5 Å². The number of hydrogen-bond donors (Lipinski definition) is 1. The van der Waals surface area contributed by atoms with Crippen molar-refractivity contribution in [1.29, 1.82) is 0 Å². The Kier molecular flexibility index (Phi) is 3.97. The van der Waals surface area contributed by atoms with Crippen LogP contribution in [0.4, 0.5) is 13.2 Å². The maximum Gasteiger partial charge on any atom is 0.408 e. The third-order valence-electron chi connectivity index (χ3n) is 3.42. The maximum absolute atomic E-state index is 12.2. The predicted octanol–water partition coefficient (Wildman–Crippen LogP) is 3.09. The molecule has 0 bridgehead atoms. The first-order chi connectivity index (χ1) is 10.0. The van der Waals surface area contributed by atoms with Gasteiger partial charge in [-0.2, -0.15) is 23.4 Å². The molecule has 1 N–H and O–H groups in total. The largest absolute Gasteiger partial charge is 0.408 e. The Labute approximate surface area is 124 Å². The number of alkyl halides is 3. The van der Waals surface area contributed by atoms with Crippen LogP contribution in [0.2, 0.25) is 0 Å². The predicted molar refractivity (Wildman–Crippen MR) is 73.9 cm³/mol. The van der Waals surface area contributed by atoms with Gasteiger partial charge in [0.2, 0.25) is 0 Å². The molecule has 0 unspecified atom stereocenters. The number of hydrogen-bond acceptors (Lipinski definition) is 3. The number of H-pyrrole nitrogens is 1. The molecule has 0 amide bonds. The van der Waals surface area contributed by atoms with Crippen molar-refractivity contribution in [3.05, 3.63) is 34.9 Å². The van der Waals surface area contributed by atoms with Crippen LogP contribution in [0.1, 0.15) is 29.1 Å². The van der Waals surface area contributed by atoms with Crippen molar-refractivity contribution in [1.82, 2.24) is 20.0 Å². The van der Waals surface area contributed by atoms with Crippen molar-refractivity contribution < 1.29 is 13.2 Å². The lowest BCUT2D eigenvalue weighted by Crippen LogP contribution is -2.18. The number of halogens is 3. The van der Waals surface area contributed by atoms with E-state index in [1.807, 2.05) is 0 Å². The first-order valence-corrected chi connectivity index (χ1v) is 7.88. The molecule has 1 aliphatic carbocycles. The SMILES string of the molecule is FC(F)(F)Cn1ccc(CSCc2n[nH]c3c2CCC3)n1. The summed E-state index contributed by atoms with van der Waals surface area (Å²) in [6, 6.07) is 1.63. The highest BCUT2D eigenvalue weighted by atomic mass is 32.2. The summed E-state index contributed by atoms with van der Waals surface area (Å²) in [5, 5.41) is 11.3. The summed E-state index contributed by atoms with van der Waals surface area (Å²) < 4.78 is 37.6. The minimum atomic E-state index is -4.23. The molecule has 0 aliphatic heterocycles. The van der Waals surface area contributed by atoms with E-state index in [-0.39, 0.29) is 0 Å². The lowest BCUT2D eigenvalue weighted by Gasteiger charge is -2.05. The molecular formula is C13H15F3N4S. The van der Waals surface area contributed by atoms with Crippen LogP contribution in [0.5, 0.6) is 0 Å². The molecule has 2 heterocycles. The van der Waals surface area contributed by atoms with Gasteiger partial charge in [0.05, 0.1) is 11.4 Å². The summed E-state index contributed by atoms with van der Waals surface area (Å²) in [7, 11) is 0. The van der Waals surface area contributed by atoms with Gasteiger partial charge in [0.1, 0.15) is 6.54 Å². The molecule has 8 heteroatoms. The van der Waals surface area contributed by atoms with Gasteiger partial charge in [0.25, 0.3) is 0 Å². The zero-order valence-corrected chi connectivity index (χ0v) is 12.1. The third-order valence-corrected chi connectivity index (χ3v) is 4.40. The van der Waals surface area contributed by atoms with E-state index >= 15 is 0 Å². The number of nitrogens with one attached hydrogen (secondary N) is 1. The Morgan fingerprint density at radius 2 is 2.14 bits per heavy atom. The summed E-state index contributed by atoms with van der Waals surface area (Å²) in [5.41, 5.74) is 4.30. The smallest absolute Gasteiger partial charge is 0.282 e. The molecule has 0 spiro atoms. The summed E-state index contributed by atoms with van der Waals surface area (Å²) in [6.45, 7) is -1.04. The third kappa shape index (κ3) is 3.61. The molecule has 4 nitrogen and oxygen atoms in total. The van der Waals surface area contributed by atoms with Gasteiger partial charge in [0, 0.05) is 23.4 Å². The minimum absolute atomic E-state index is 0.590. The molecule has 114 valence electrons. The fourth-order valence-corrected chi connectivity index (χ4v) is 3.41. The average Bonchev–Trinajstić information content (AvgIpc) is 3.05. The second-order valence-corrected chi connectivity index (χ2v) is 6.08. The molecule has 0 saturated carbocycles. The maximum atomic E-state index is 12.2. The van der Waals surface area contributed by atoms with E-state index in [2.05, 4.69) is 15.3 Å². The van der Waals surface area contributed by atoms with Crippen molar-refractivity contribution in [2.75, 3.05) is 0 Å². The Hall–Kier alpha value is -1.44. The van der Waals surface area contributed by atoms with E-state index < -0.39 is 12.7 Å². The van der Waals surface area contributed by atoms with Gasteiger partial charge in [-0.15, -0.1) is 11.8 Å². The summed E-state index contributed by atoms with van der Waals surface area (Å²) in [6.07, 6.45) is 0.446. The van der Waals surface area contributed by atoms with Crippen molar-refractivity contribution in [2.24, 2.45) is 0 Å². The average molecular weight is 316 g/mol. The van der Waals surface area contributed by atoms with Crippen LogP contribution in [0.3, 0.4) is 0 Å². The van der Waals surface area contributed by atoms with Crippen LogP contribution >= 0.6 is 11.8 Å². The van der Waals surface area contributed by atoms with Crippen molar-refractivity contribution in [3.63, 3.8) is 0 Å². The quantitative estimate of drug-likeness (QED) is 0.922. The second kappa shape index (κ2) is 5.75. The molecule has 2 aromatic heterocycles. The van der Waals surface area contributed by atoms with Crippen molar-refractivity contribution in [3.8, 4) is 0 Å². The topological polar surface area (TPSA) is 46.5 Å². The molecule has 0 atom stereocenters. The highest BCUT2D eigenvalue weighted by Gasteiger charge is 2.28. The summed E-state index contributed by atoms with van der Waals surface area (Å²) in [5.74, 6) is 1.35. The van der Waals surface area contributed by atoms with E-state index in [0.29, 0.717) is 11.4 Å². The van der Waals surface area contributed by atoms with Gasteiger partial charge in [-0.05, 0) is 30.9 Å². The number of aromatic amines is 1. The second-order valence-electron chi connectivity index (χ2n) is 5.09. The monoisotopic (exact) mass is 316 g/mol. The van der Waals surface area contributed by atoms with Crippen LogP contribution in [0.15, 0.2) is 12.3 Å². The lowest BCUT2D eigenvalue weighted by atomic mass is 10.2. The highest BCUT2D eigenvalue weighted by molar-refractivity contribution is 7.97. The molecule has 0 saturated heterocycles. The molecule has 2 aromatic rings. The minimum Gasteiger partial charge on any atom is -0.282 e. The van der Waals surface area contributed by atoms with Gasteiger partial charge in [0.15, 0.2) is 0 Å². The highest BCUT2D eigenvalue weighted by Crippen LogP contribution is 2.26.